The zero-order valence-corrected chi connectivity index (χ0v) is 14.2. The van der Waals surface area contributed by atoms with Gasteiger partial charge in [0.2, 0.25) is 0 Å². The van der Waals surface area contributed by atoms with Crippen molar-refractivity contribution in [2.45, 2.75) is 39.5 Å². The molecule has 2 aromatic carbocycles. The Bertz CT molecular complexity index is 634. The molecular formula is C22H26O. The van der Waals surface area contributed by atoms with Crippen LogP contribution in [0.2, 0.25) is 0 Å². The predicted molar refractivity (Wildman–Crippen MR) is 98.6 cm³/mol. The molecule has 0 aliphatic rings. The van der Waals surface area contributed by atoms with Crippen LogP contribution in [-0.2, 0) is 0 Å². The van der Waals surface area contributed by atoms with Gasteiger partial charge in [0.25, 0.3) is 0 Å². The number of hydrogen-bond donors (Lipinski definition) is 0. The number of ether oxygens (including phenoxy) is 1. The molecule has 0 amide bonds. The Morgan fingerprint density at radius 1 is 1.04 bits per heavy atom. The highest BCUT2D eigenvalue weighted by Crippen LogP contribution is 2.24. The van der Waals surface area contributed by atoms with E-state index < -0.39 is 0 Å². The normalized spacial score (nSPS) is 11.7. The summed E-state index contributed by atoms with van der Waals surface area (Å²) in [6.45, 7) is 5.29. The fraction of sp³-hybridized carbons (Fsp3) is 0.364. The Morgan fingerprint density at radius 2 is 1.83 bits per heavy atom. The largest absolute Gasteiger partial charge is 0.493 e. The van der Waals surface area contributed by atoms with E-state index >= 15 is 0 Å². The molecule has 2 aromatic rings. The molecular weight excluding hydrogens is 280 g/mol. The minimum absolute atomic E-state index is 0.655. The maximum atomic E-state index is 5.96. The van der Waals surface area contributed by atoms with E-state index in [1.165, 1.54) is 25.7 Å². The standard InChI is InChI=1S/C22H26O/c1-4-7-9-19(6-3)17-23-22-14-12-20(13-15-22)21-11-8-10-18(5-2)16-21/h2,8,10-16,19H,4,6-7,9,17H2,1,3H3. The highest BCUT2D eigenvalue weighted by atomic mass is 16.5. The van der Waals surface area contributed by atoms with Crippen molar-refractivity contribution >= 4 is 0 Å². The van der Waals surface area contributed by atoms with Gasteiger partial charge in [-0.3, -0.25) is 0 Å². The molecule has 1 atom stereocenters. The summed E-state index contributed by atoms with van der Waals surface area (Å²) >= 11 is 0. The summed E-state index contributed by atoms with van der Waals surface area (Å²) in [4.78, 5) is 0. The summed E-state index contributed by atoms with van der Waals surface area (Å²) in [5.41, 5.74) is 3.21. The van der Waals surface area contributed by atoms with Gasteiger partial charge in [0.05, 0.1) is 6.61 Å². The quantitative estimate of drug-likeness (QED) is 0.549. The van der Waals surface area contributed by atoms with Crippen molar-refractivity contribution in [3.05, 3.63) is 54.1 Å². The van der Waals surface area contributed by atoms with Gasteiger partial charge in [0.15, 0.2) is 0 Å². The van der Waals surface area contributed by atoms with Gasteiger partial charge in [-0.2, -0.15) is 0 Å². The molecule has 2 rings (SSSR count). The fourth-order valence-corrected chi connectivity index (χ4v) is 2.64. The monoisotopic (exact) mass is 306 g/mol. The second kappa shape index (κ2) is 9.06. The number of hydrogen-bond acceptors (Lipinski definition) is 1. The van der Waals surface area contributed by atoms with Gasteiger partial charge in [-0.1, -0.05) is 63.3 Å². The summed E-state index contributed by atoms with van der Waals surface area (Å²) in [5.74, 6) is 4.28. The van der Waals surface area contributed by atoms with Crippen LogP contribution in [0.1, 0.15) is 45.1 Å². The van der Waals surface area contributed by atoms with Gasteiger partial charge < -0.3 is 4.74 Å². The van der Waals surface area contributed by atoms with Crippen molar-refractivity contribution in [3.63, 3.8) is 0 Å². The molecule has 1 heteroatoms. The lowest BCUT2D eigenvalue weighted by Gasteiger charge is -2.15. The van der Waals surface area contributed by atoms with Crippen LogP contribution in [0.5, 0.6) is 5.75 Å². The number of terminal acetylenes is 1. The van der Waals surface area contributed by atoms with Gasteiger partial charge in [-0.25, -0.2) is 0 Å². The van der Waals surface area contributed by atoms with E-state index in [-0.39, 0.29) is 0 Å². The number of benzene rings is 2. The first-order valence-electron chi connectivity index (χ1n) is 8.56. The van der Waals surface area contributed by atoms with E-state index in [1.807, 2.05) is 30.3 Å². The van der Waals surface area contributed by atoms with Crippen LogP contribution < -0.4 is 4.74 Å². The van der Waals surface area contributed by atoms with Crippen LogP contribution in [0.3, 0.4) is 0 Å². The molecule has 0 N–H and O–H groups in total. The molecule has 0 spiro atoms. The minimum Gasteiger partial charge on any atom is -0.493 e. The van der Waals surface area contributed by atoms with Crippen molar-refractivity contribution in [1.82, 2.24) is 0 Å². The molecule has 0 bridgehead atoms. The highest BCUT2D eigenvalue weighted by Gasteiger charge is 2.07. The molecule has 120 valence electrons. The van der Waals surface area contributed by atoms with Crippen LogP contribution in [0.25, 0.3) is 11.1 Å². The molecule has 23 heavy (non-hydrogen) atoms. The van der Waals surface area contributed by atoms with Crippen LogP contribution in [0.15, 0.2) is 48.5 Å². The molecule has 0 saturated heterocycles. The molecule has 0 aliphatic heterocycles. The third-order valence-corrected chi connectivity index (χ3v) is 4.25. The zero-order chi connectivity index (χ0) is 16.5. The topological polar surface area (TPSA) is 9.23 Å². The molecule has 0 heterocycles. The van der Waals surface area contributed by atoms with Crippen molar-refractivity contribution in [2.75, 3.05) is 6.61 Å². The van der Waals surface area contributed by atoms with Crippen molar-refractivity contribution < 1.29 is 4.74 Å². The lowest BCUT2D eigenvalue weighted by Crippen LogP contribution is -2.11. The average molecular weight is 306 g/mol. The van der Waals surface area contributed by atoms with Crippen molar-refractivity contribution in [1.29, 1.82) is 0 Å². The van der Waals surface area contributed by atoms with E-state index in [0.29, 0.717) is 5.92 Å². The lowest BCUT2D eigenvalue weighted by atomic mass is 10.0. The molecule has 0 aromatic heterocycles. The van der Waals surface area contributed by atoms with Gasteiger partial charge >= 0.3 is 0 Å². The summed E-state index contributed by atoms with van der Waals surface area (Å²) in [6, 6.07) is 16.3. The van der Waals surface area contributed by atoms with E-state index in [1.54, 1.807) is 0 Å². The van der Waals surface area contributed by atoms with Gasteiger partial charge in [0, 0.05) is 5.56 Å². The van der Waals surface area contributed by atoms with Crippen molar-refractivity contribution in [2.24, 2.45) is 5.92 Å². The summed E-state index contributed by atoms with van der Waals surface area (Å²) < 4.78 is 5.96. The summed E-state index contributed by atoms with van der Waals surface area (Å²) in [5, 5.41) is 0. The third-order valence-electron chi connectivity index (χ3n) is 4.25. The fourth-order valence-electron chi connectivity index (χ4n) is 2.64. The van der Waals surface area contributed by atoms with Crippen LogP contribution in [-0.4, -0.2) is 6.61 Å². The Kier molecular flexibility index (Phi) is 6.76. The highest BCUT2D eigenvalue weighted by molar-refractivity contribution is 5.66. The maximum absolute atomic E-state index is 5.96. The van der Waals surface area contributed by atoms with E-state index in [9.17, 15) is 0 Å². The second-order valence-corrected chi connectivity index (χ2v) is 5.98. The Hall–Kier alpha value is -2.20. The molecule has 1 nitrogen and oxygen atoms in total. The summed E-state index contributed by atoms with van der Waals surface area (Å²) in [7, 11) is 0. The van der Waals surface area contributed by atoms with Gasteiger partial charge in [-0.05, 0) is 47.7 Å². The Balaban J connectivity index is 1.98. The first-order chi connectivity index (χ1) is 11.3. The molecule has 0 saturated carbocycles. The molecule has 0 fully saturated rings. The first kappa shape index (κ1) is 17.2. The Morgan fingerprint density at radius 3 is 2.48 bits per heavy atom. The predicted octanol–water partition coefficient (Wildman–Crippen LogP) is 5.93. The first-order valence-corrected chi connectivity index (χ1v) is 8.56. The van der Waals surface area contributed by atoms with E-state index in [4.69, 9.17) is 11.2 Å². The van der Waals surface area contributed by atoms with Crippen LogP contribution >= 0.6 is 0 Å². The second-order valence-electron chi connectivity index (χ2n) is 5.98. The third kappa shape index (κ3) is 5.18. The lowest BCUT2D eigenvalue weighted by molar-refractivity contribution is 0.233. The van der Waals surface area contributed by atoms with Crippen LogP contribution in [0, 0.1) is 18.3 Å². The van der Waals surface area contributed by atoms with Gasteiger partial charge in [-0.15, -0.1) is 6.42 Å². The Labute approximate surface area is 140 Å². The SMILES string of the molecule is C#Cc1cccc(-c2ccc(OCC(CC)CCCC)cc2)c1. The molecule has 1 unspecified atom stereocenters. The summed E-state index contributed by atoms with van der Waals surface area (Å²) in [6.07, 6.45) is 10.4. The van der Waals surface area contributed by atoms with Crippen molar-refractivity contribution in [3.8, 4) is 29.2 Å². The maximum Gasteiger partial charge on any atom is 0.119 e. The van der Waals surface area contributed by atoms with Crippen LogP contribution in [0.4, 0.5) is 0 Å². The number of rotatable bonds is 8. The van der Waals surface area contributed by atoms with E-state index in [2.05, 4.69) is 38.0 Å². The smallest absolute Gasteiger partial charge is 0.119 e. The molecule has 0 radical (unpaired) electrons. The zero-order valence-electron chi connectivity index (χ0n) is 14.2. The van der Waals surface area contributed by atoms with Gasteiger partial charge in [0.1, 0.15) is 5.75 Å². The van der Waals surface area contributed by atoms with E-state index in [0.717, 1.165) is 29.0 Å². The number of unbranched alkanes of at least 4 members (excludes halogenated alkanes) is 1. The molecule has 0 aliphatic carbocycles. The minimum atomic E-state index is 0.655. The average Bonchev–Trinajstić information content (AvgIpc) is 2.62.